The first kappa shape index (κ1) is 16.6. The molecular weight excluding hydrogens is 328 g/mol. The van der Waals surface area contributed by atoms with Gasteiger partial charge in [0.1, 0.15) is 0 Å². The average molecular weight is 350 g/mol. The van der Waals surface area contributed by atoms with E-state index in [9.17, 15) is 9.59 Å². The number of anilines is 1. The number of hydrogen-bond acceptors (Lipinski definition) is 4. The minimum atomic E-state index is -0.706. The van der Waals surface area contributed by atoms with Gasteiger partial charge in [0.2, 0.25) is 0 Å². The molecule has 0 radical (unpaired) electrons. The largest absolute Gasteiger partial charge is 0.448 e. The summed E-state index contributed by atoms with van der Waals surface area (Å²) in [5.41, 5.74) is 3.88. The van der Waals surface area contributed by atoms with Gasteiger partial charge in [-0.05, 0) is 36.2 Å². The van der Waals surface area contributed by atoms with Crippen molar-refractivity contribution in [3.8, 4) is 0 Å². The minimum Gasteiger partial charge on any atom is -0.448 e. The monoisotopic (exact) mass is 350 g/mol. The van der Waals surface area contributed by atoms with Gasteiger partial charge in [0.15, 0.2) is 6.10 Å². The summed E-state index contributed by atoms with van der Waals surface area (Å²) in [6, 6.07) is 15.7. The van der Waals surface area contributed by atoms with Gasteiger partial charge in [-0.15, -0.1) is 0 Å². The molecule has 1 amide bonds. The summed E-state index contributed by atoms with van der Waals surface area (Å²) in [4.78, 5) is 29.1. The van der Waals surface area contributed by atoms with E-state index in [0.29, 0.717) is 25.1 Å². The number of benzene rings is 2. The molecule has 0 aromatic heterocycles. The predicted octanol–water partition coefficient (Wildman–Crippen LogP) is 2.43. The zero-order chi connectivity index (χ0) is 18.1. The maximum Gasteiger partial charge on any atom is 0.339 e. The maximum absolute atomic E-state index is 12.8. The van der Waals surface area contributed by atoms with Crippen molar-refractivity contribution >= 4 is 17.6 Å². The summed E-state index contributed by atoms with van der Waals surface area (Å²) in [5.74, 6) is -0.486. The summed E-state index contributed by atoms with van der Waals surface area (Å²) in [6.45, 7) is 4.93. The van der Waals surface area contributed by atoms with Gasteiger partial charge in [0.05, 0.1) is 5.56 Å². The highest BCUT2D eigenvalue weighted by Crippen LogP contribution is 2.23. The van der Waals surface area contributed by atoms with E-state index in [1.165, 1.54) is 11.3 Å². The summed E-state index contributed by atoms with van der Waals surface area (Å²) >= 11 is 0. The third kappa shape index (κ3) is 3.17. The Balaban J connectivity index is 1.41. The highest BCUT2D eigenvalue weighted by atomic mass is 16.5. The van der Waals surface area contributed by atoms with E-state index in [2.05, 4.69) is 36.1 Å². The van der Waals surface area contributed by atoms with Crippen LogP contribution in [0.1, 0.15) is 21.5 Å². The minimum absolute atomic E-state index is 0.0863. The molecule has 0 saturated carbocycles. The van der Waals surface area contributed by atoms with Gasteiger partial charge < -0.3 is 14.5 Å². The molecule has 2 aromatic rings. The number of aryl methyl sites for hydroxylation is 1. The zero-order valence-corrected chi connectivity index (χ0v) is 14.9. The first-order valence-electron chi connectivity index (χ1n) is 9.01. The van der Waals surface area contributed by atoms with Crippen LogP contribution >= 0.6 is 0 Å². The zero-order valence-electron chi connectivity index (χ0n) is 14.9. The molecule has 1 fully saturated rings. The molecule has 2 aliphatic heterocycles. The van der Waals surface area contributed by atoms with Gasteiger partial charge in [0.25, 0.3) is 5.91 Å². The van der Waals surface area contributed by atoms with Gasteiger partial charge in [0, 0.05) is 38.3 Å². The molecular formula is C21H22N2O3. The van der Waals surface area contributed by atoms with Gasteiger partial charge in [-0.25, -0.2) is 4.79 Å². The Morgan fingerprint density at radius 3 is 2.58 bits per heavy atom. The molecule has 2 aromatic carbocycles. The van der Waals surface area contributed by atoms with Crippen LogP contribution in [0.3, 0.4) is 0 Å². The Hall–Kier alpha value is -2.82. The highest BCUT2D eigenvalue weighted by Gasteiger charge is 2.34. The summed E-state index contributed by atoms with van der Waals surface area (Å²) in [5, 5.41) is 0. The van der Waals surface area contributed by atoms with Crippen molar-refractivity contribution in [2.24, 2.45) is 0 Å². The Bertz CT molecular complexity index is 841. The second-order valence-corrected chi connectivity index (χ2v) is 6.91. The van der Waals surface area contributed by atoms with Crippen LogP contribution in [0.4, 0.5) is 5.69 Å². The fourth-order valence-corrected chi connectivity index (χ4v) is 3.68. The number of fused-ring (bicyclic) bond motifs is 1. The number of carbonyl (C=O) groups is 2. The average Bonchev–Trinajstić information content (AvgIpc) is 2.67. The van der Waals surface area contributed by atoms with Crippen LogP contribution < -0.4 is 4.90 Å². The van der Waals surface area contributed by atoms with Crippen LogP contribution in [-0.2, 0) is 16.0 Å². The SMILES string of the molecule is Cc1cccc(N2CCN(C(=O)[C@@H]3Cc4ccccc4C(=O)O3)CC2)c1. The lowest BCUT2D eigenvalue weighted by molar-refractivity contribution is -0.141. The third-order valence-corrected chi connectivity index (χ3v) is 5.13. The molecule has 0 aliphatic carbocycles. The molecule has 0 bridgehead atoms. The van der Waals surface area contributed by atoms with E-state index in [1.54, 1.807) is 6.07 Å². The number of hydrogen-bond donors (Lipinski definition) is 0. The van der Waals surface area contributed by atoms with Crippen molar-refractivity contribution in [2.75, 3.05) is 31.1 Å². The molecule has 0 unspecified atom stereocenters. The molecule has 5 nitrogen and oxygen atoms in total. The van der Waals surface area contributed by atoms with Crippen LogP contribution in [0.15, 0.2) is 48.5 Å². The van der Waals surface area contributed by atoms with E-state index in [0.717, 1.165) is 18.7 Å². The Kier molecular flexibility index (Phi) is 4.37. The fourth-order valence-electron chi connectivity index (χ4n) is 3.68. The molecule has 5 heteroatoms. The Morgan fingerprint density at radius 1 is 1.04 bits per heavy atom. The Labute approximate surface area is 153 Å². The van der Waals surface area contributed by atoms with Crippen LogP contribution in [0.2, 0.25) is 0 Å². The van der Waals surface area contributed by atoms with Crippen LogP contribution in [0.5, 0.6) is 0 Å². The molecule has 1 saturated heterocycles. The first-order chi connectivity index (χ1) is 12.6. The molecule has 1 atom stereocenters. The number of carbonyl (C=O) groups excluding carboxylic acids is 2. The van der Waals surface area contributed by atoms with Gasteiger partial charge >= 0.3 is 5.97 Å². The first-order valence-corrected chi connectivity index (χ1v) is 9.01. The number of ether oxygens (including phenoxy) is 1. The number of rotatable bonds is 2. The van der Waals surface area contributed by atoms with Crippen molar-refractivity contribution in [1.82, 2.24) is 4.90 Å². The van der Waals surface area contributed by atoms with Crippen LogP contribution in [-0.4, -0.2) is 49.1 Å². The molecule has 0 N–H and O–H groups in total. The second kappa shape index (κ2) is 6.83. The molecule has 134 valence electrons. The molecule has 4 rings (SSSR count). The number of piperazine rings is 1. The van der Waals surface area contributed by atoms with E-state index in [4.69, 9.17) is 4.74 Å². The number of nitrogens with zero attached hydrogens (tertiary/aromatic N) is 2. The van der Waals surface area contributed by atoms with Crippen molar-refractivity contribution < 1.29 is 14.3 Å². The van der Waals surface area contributed by atoms with Crippen LogP contribution in [0.25, 0.3) is 0 Å². The van der Waals surface area contributed by atoms with Crippen molar-refractivity contribution in [3.63, 3.8) is 0 Å². The third-order valence-electron chi connectivity index (χ3n) is 5.13. The number of esters is 1. The maximum atomic E-state index is 12.8. The number of cyclic esters (lactones) is 1. The normalized spacial score (nSPS) is 19.7. The lowest BCUT2D eigenvalue weighted by Gasteiger charge is -2.38. The standard InChI is InChI=1S/C21H22N2O3/c1-15-5-4-7-17(13-15)22-9-11-23(12-10-22)20(24)19-14-16-6-2-3-8-18(16)21(25)26-19/h2-8,13,19H,9-12,14H2,1H3/t19-/m0/s1. The number of amides is 1. The fraction of sp³-hybridized carbons (Fsp3) is 0.333. The van der Waals surface area contributed by atoms with E-state index >= 15 is 0 Å². The Morgan fingerprint density at radius 2 is 1.81 bits per heavy atom. The van der Waals surface area contributed by atoms with E-state index in [-0.39, 0.29) is 5.91 Å². The van der Waals surface area contributed by atoms with E-state index in [1.807, 2.05) is 23.1 Å². The van der Waals surface area contributed by atoms with Gasteiger partial charge in [-0.1, -0.05) is 30.3 Å². The topological polar surface area (TPSA) is 49.9 Å². The van der Waals surface area contributed by atoms with Gasteiger partial charge in [-0.2, -0.15) is 0 Å². The molecule has 26 heavy (non-hydrogen) atoms. The second-order valence-electron chi connectivity index (χ2n) is 6.91. The smallest absolute Gasteiger partial charge is 0.339 e. The highest BCUT2D eigenvalue weighted by molar-refractivity contribution is 5.95. The van der Waals surface area contributed by atoms with Crippen molar-refractivity contribution in [3.05, 3.63) is 65.2 Å². The lowest BCUT2D eigenvalue weighted by atomic mass is 9.98. The van der Waals surface area contributed by atoms with Crippen molar-refractivity contribution in [1.29, 1.82) is 0 Å². The molecule has 2 aliphatic rings. The summed E-state index contributed by atoms with van der Waals surface area (Å²) < 4.78 is 5.41. The van der Waals surface area contributed by atoms with Gasteiger partial charge in [-0.3, -0.25) is 4.79 Å². The molecule has 0 spiro atoms. The lowest BCUT2D eigenvalue weighted by Crippen LogP contribution is -2.53. The molecule has 2 heterocycles. The van der Waals surface area contributed by atoms with E-state index < -0.39 is 12.1 Å². The summed E-state index contributed by atoms with van der Waals surface area (Å²) in [6.07, 6.45) is -0.248. The predicted molar refractivity (Wildman–Crippen MR) is 99.3 cm³/mol. The summed E-state index contributed by atoms with van der Waals surface area (Å²) in [7, 11) is 0. The quantitative estimate of drug-likeness (QED) is 0.781. The van der Waals surface area contributed by atoms with Crippen LogP contribution in [0, 0.1) is 6.92 Å². The van der Waals surface area contributed by atoms with Crippen molar-refractivity contribution in [2.45, 2.75) is 19.4 Å².